The number of nitrogens with zero attached hydrogens (tertiary/aromatic N) is 3. The highest BCUT2D eigenvalue weighted by Gasteiger charge is 2.27. The summed E-state index contributed by atoms with van der Waals surface area (Å²) in [6.07, 6.45) is 3.46. The molecule has 0 amide bonds. The van der Waals surface area contributed by atoms with Crippen molar-refractivity contribution in [2.45, 2.75) is 44.4 Å². The van der Waals surface area contributed by atoms with E-state index in [0.717, 1.165) is 44.7 Å². The normalized spacial score (nSPS) is 30.5. The fourth-order valence-electron chi connectivity index (χ4n) is 2.26. The molecule has 0 bridgehead atoms. The second-order valence-corrected chi connectivity index (χ2v) is 4.21. The van der Waals surface area contributed by atoms with Crippen molar-refractivity contribution < 1.29 is 9.84 Å². The van der Waals surface area contributed by atoms with Crippen LogP contribution in [0.1, 0.15) is 49.5 Å². The molecular weight excluding hydrogens is 194 g/mol. The topological polar surface area (TPSA) is 60.2 Å². The Morgan fingerprint density at radius 3 is 3.00 bits per heavy atom. The summed E-state index contributed by atoms with van der Waals surface area (Å²) >= 11 is 0. The Balaban J connectivity index is 1.90. The van der Waals surface area contributed by atoms with E-state index in [1.807, 2.05) is 4.68 Å². The lowest BCUT2D eigenvalue weighted by atomic mass is 10.1. The fourth-order valence-corrected chi connectivity index (χ4v) is 2.26. The number of aliphatic hydroxyl groups is 1. The average Bonchev–Trinajstić information content (AvgIpc) is 2.86. The van der Waals surface area contributed by atoms with Crippen molar-refractivity contribution in [2.24, 2.45) is 0 Å². The molecule has 1 fully saturated rings. The second-order valence-electron chi connectivity index (χ2n) is 4.21. The van der Waals surface area contributed by atoms with Crippen LogP contribution in [0.3, 0.4) is 0 Å². The monoisotopic (exact) mass is 209 g/mol. The molecule has 3 heterocycles. The van der Waals surface area contributed by atoms with Gasteiger partial charge >= 0.3 is 0 Å². The number of rotatable bonds is 1. The number of ether oxygens (including phenoxy) is 1. The lowest BCUT2D eigenvalue weighted by Crippen LogP contribution is -2.16. The van der Waals surface area contributed by atoms with Crippen molar-refractivity contribution >= 4 is 0 Å². The smallest absolute Gasteiger partial charge is 0.179 e. The van der Waals surface area contributed by atoms with Crippen LogP contribution in [0.15, 0.2) is 0 Å². The van der Waals surface area contributed by atoms with Crippen molar-refractivity contribution in [3.8, 4) is 0 Å². The zero-order valence-electron chi connectivity index (χ0n) is 8.59. The molecule has 1 saturated heterocycles. The molecule has 5 nitrogen and oxygen atoms in total. The van der Waals surface area contributed by atoms with Gasteiger partial charge in [-0.2, -0.15) is 5.10 Å². The lowest BCUT2D eigenvalue weighted by Gasteiger charge is -2.16. The largest absolute Gasteiger partial charge is 0.385 e. The zero-order chi connectivity index (χ0) is 10.3. The molecule has 0 aliphatic carbocycles. The van der Waals surface area contributed by atoms with E-state index in [9.17, 15) is 5.11 Å². The van der Waals surface area contributed by atoms with E-state index in [4.69, 9.17) is 4.74 Å². The molecule has 2 atom stereocenters. The summed E-state index contributed by atoms with van der Waals surface area (Å²) in [4.78, 5) is 4.39. The molecule has 2 aliphatic rings. The maximum atomic E-state index is 9.75. The maximum absolute atomic E-state index is 9.75. The van der Waals surface area contributed by atoms with E-state index in [-0.39, 0.29) is 6.10 Å². The van der Waals surface area contributed by atoms with Crippen LogP contribution in [0.2, 0.25) is 0 Å². The first kappa shape index (κ1) is 9.30. The van der Waals surface area contributed by atoms with Crippen LogP contribution < -0.4 is 0 Å². The van der Waals surface area contributed by atoms with E-state index in [1.165, 1.54) is 0 Å². The predicted molar refractivity (Wildman–Crippen MR) is 52.1 cm³/mol. The highest BCUT2D eigenvalue weighted by atomic mass is 16.5. The van der Waals surface area contributed by atoms with Crippen LogP contribution in [0, 0.1) is 0 Å². The Morgan fingerprint density at radius 1 is 1.33 bits per heavy atom. The van der Waals surface area contributed by atoms with Crippen LogP contribution in [0.5, 0.6) is 0 Å². The summed E-state index contributed by atoms with van der Waals surface area (Å²) < 4.78 is 7.36. The molecule has 2 unspecified atom stereocenters. The standard InChI is InChI=1S/C10H15N3O2/c14-7-3-1-5-13-10(7)11-9(12-13)8-4-2-6-15-8/h7-8,14H,1-6H2. The first-order valence-electron chi connectivity index (χ1n) is 5.59. The molecule has 0 spiro atoms. The molecular formula is C10H15N3O2. The number of fused-ring (bicyclic) bond motifs is 1. The van der Waals surface area contributed by atoms with Gasteiger partial charge in [0.15, 0.2) is 11.6 Å². The minimum atomic E-state index is -0.443. The Kier molecular flexibility index (Phi) is 2.21. The first-order valence-corrected chi connectivity index (χ1v) is 5.59. The molecule has 0 saturated carbocycles. The summed E-state index contributed by atoms with van der Waals surface area (Å²) in [5.74, 6) is 1.47. The van der Waals surface area contributed by atoms with Gasteiger partial charge in [0.1, 0.15) is 12.2 Å². The number of hydrogen-bond acceptors (Lipinski definition) is 4. The van der Waals surface area contributed by atoms with Gasteiger partial charge in [0, 0.05) is 13.2 Å². The minimum absolute atomic E-state index is 0.0512. The average molecular weight is 209 g/mol. The van der Waals surface area contributed by atoms with Crippen molar-refractivity contribution in [3.63, 3.8) is 0 Å². The molecule has 1 N–H and O–H groups in total. The zero-order valence-corrected chi connectivity index (χ0v) is 8.59. The Labute approximate surface area is 88.1 Å². The van der Waals surface area contributed by atoms with Gasteiger partial charge < -0.3 is 9.84 Å². The predicted octanol–water partition coefficient (Wildman–Crippen LogP) is 0.957. The van der Waals surface area contributed by atoms with Crippen molar-refractivity contribution in [1.82, 2.24) is 14.8 Å². The highest BCUT2D eigenvalue weighted by molar-refractivity contribution is 5.02. The SMILES string of the molecule is OC1CCCn2nc(C3CCCO3)nc21. The summed E-state index contributed by atoms with van der Waals surface area (Å²) in [5.41, 5.74) is 0. The van der Waals surface area contributed by atoms with E-state index in [0.29, 0.717) is 5.82 Å². The van der Waals surface area contributed by atoms with Gasteiger partial charge in [0.25, 0.3) is 0 Å². The van der Waals surface area contributed by atoms with Crippen LogP contribution >= 0.6 is 0 Å². The Hall–Kier alpha value is -0.940. The minimum Gasteiger partial charge on any atom is -0.385 e. The molecule has 82 valence electrons. The number of hydrogen-bond donors (Lipinski definition) is 1. The summed E-state index contributed by atoms with van der Waals surface area (Å²) in [6.45, 7) is 1.67. The molecule has 3 rings (SSSR count). The third kappa shape index (κ3) is 1.55. The van der Waals surface area contributed by atoms with Gasteiger partial charge in [0.05, 0.1) is 0 Å². The third-order valence-electron chi connectivity index (χ3n) is 3.08. The molecule has 0 radical (unpaired) electrons. The molecule has 1 aromatic heterocycles. The number of aryl methyl sites for hydroxylation is 1. The summed E-state index contributed by atoms with van der Waals surface area (Å²) in [7, 11) is 0. The van der Waals surface area contributed by atoms with Gasteiger partial charge in [0.2, 0.25) is 0 Å². The van der Waals surface area contributed by atoms with Gasteiger partial charge in [-0.25, -0.2) is 9.67 Å². The number of aliphatic hydroxyl groups excluding tert-OH is 1. The summed E-state index contributed by atoms with van der Waals surface area (Å²) in [6, 6.07) is 0. The van der Waals surface area contributed by atoms with Crippen LogP contribution in [-0.4, -0.2) is 26.5 Å². The van der Waals surface area contributed by atoms with E-state index >= 15 is 0 Å². The first-order chi connectivity index (χ1) is 7.34. The van der Waals surface area contributed by atoms with Gasteiger partial charge in [-0.05, 0) is 25.7 Å². The van der Waals surface area contributed by atoms with Crippen molar-refractivity contribution in [3.05, 3.63) is 11.6 Å². The number of aromatic nitrogens is 3. The van der Waals surface area contributed by atoms with E-state index in [1.54, 1.807) is 0 Å². The molecule has 5 heteroatoms. The molecule has 1 aromatic rings. The van der Waals surface area contributed by atoms with Crippen molar-refractivity contribution in [1.29, 1.82) is 0 Å². The molecule has 15 heavy (non-hydrogen) atoms. The van der Waals surface area contributed by atoms with Crippen LogP contribution in [0.4, 0.5) is 0 Å². The third-order valence-corrected chi connectivity index (χ3v) is 3.08. The maximum Gasteiger partial charge on any atom is 0.179 e. The van der Waals surface area contributed by atoms with E-state index < -0.39 is 6.10 Å². The summed E-state index contributed by atoms with van der Waals surface area (Å²) in [5, 5.41) is 14.2. The molecule has 2 aliphatic heterocycles. The van der Waals surface area contributed by atoms with Gasteiger partial charge in [-0.3, -0.25) is 0 Å². The fraction of sp³-hybridized carbons (Fsp3) is 0.800. The lowest BCUT2D eigenvalue weighted by molar-refractivity contribution is 0.105. The van der Waals surface area contributed by atoms with Crippen molar-refractivity contribution in [2.75, 3.05) is 6.61 Å². The second kappa shape index (κ2) is 3.57. The van der Waals surface area contributed by atoms with Gasteiger partial charge in [-0.1, -0.05) is 0 Å². The Bertz CT molecular complexity index is 358. The van der Waals surface area contributed by atoms with E-state index in [2.05, 4.69) is 10.1 Å². The van der Waals surface area contributed by atoms with Gasteiger partial charge in [-0.15, -0.1) is 0 Å². The van der Waals surface area contributed by atoms with Crippen LogP contribution in [0.25, 0.3) is 0 Å². The Morgan fingerprint density at radius 2 is 2.27 bits per heavy atom. The molecule has 0 aromatic carbocycles. The van der Waals surface area contributed by atoms with Crippen LogP contribution in [-0.2, 0) is 11.3 Å². The quantitative estimate of drug-likeness (QED) is 0.748. The highest BCUT2D eigenvalue weighted by Crippen LogP contribution is 2.29.